The van der Waals surface area contributed by atoms with Crippen LogP contribution in [0.2, 0.25) is 0 Å². The van der Waals surface area contributed by atoms with Gasteiger partial charge in [-0.05, 0) is 37.0 Å². The maximum Gasteiger partial charge on any atom is 0.220 e. The van der Waals surface area contributed by atoms with E-state index in [1.165, 1.54) is 23.9 Å². The fourth-order valence-corrected chi connectivity index (χ4v) is 4.19. The van der Waals surface area contributed by atoms with Gasteiger partial charge in [0.05, 0.1) is 5.69 Å². The lowest BCUT2D eigenvalue weighted by Gasteiger charge is -2.11. The third kappa shape index (κ3) is 7.21. The molecule has 0 saturated heterocycles. The topological polar surface area (TPSA) is 100 Å². The highest BCUT2D eigenvalue weighted by molar-refractivity contribution is 7.98. The summed E-state index contributed by atoms with van der Waals surface area (Å²) in [6.07, 6.45) is 2.55. The average Bonchev–Trinajstić information content (AvgIpc) is 3.17. The number of nitrogens with one attached hydrogen (secondary N) is 1. The summed E-state index contributed by atoms with van der Waals surface area (Å²) in [5, 5.41) is 32.1. The summed E-state index contributed by atoms with van der Waals surface area (Å²) < 4.78 is 15.1. The monoisotopic (exact) mass is 472 g/mol. The number of halogens is 1. The van der Waals surface area contributed by atoms with E-state index in [4.69, 9.17) is 0 Å². The SMILES string of the molecule is CC(C)CNC(=O)CCCCc1nnc(SCc2ccc(F)cc2O)n1-c1cccc(O)c1. The first kappa shape index (κ1) is 24.6. The third-order valence-corrected chi connectivity index (χ3v) is 5.93. The molecule has 0 aliphatic heterocycles. The zero-order valence-electron chi connectivity index (χ0n) is 18.8. The summed E-state index contributed by atoms with van der Waals surface area (Å²) in [6, 6.07) is 10.7. The van der Waals surface area contributed by atoms with Gasteiger partial charge >= 0.3 is 0 Å². The normalized spacial score (nSPS) is 11.2. The van der Waals surface area contributed by atoms with Crippen molar-refractivity contribution in [1.29, 1.82) is 0 Å². The Kier molecular flexibility index (Phi) is 8.71. The predicted octanol–water partition coefficient (Wildman–Crippen LogP) is 4.59. The molecule has 0 aliphatic carbocycles. The Morgan fingerprint density at radius 2 is 1.97 bits per heavy atom. The van der Waals surface area contributed by atoms with E-state index in [0.717, 1.165) is 24.6 Å². The van der Waals surface area contributed by atoms with Crippen LogP contribution in [-0.2, 0) is 17.0 Å². The number of aryl methyl sites for hydroxylation is 1. The van der Waals surface area contributed by atoms with Gasteiger partial charge in [-0.15, -0.1) is 10.2 Å². The molecule has 176 valence electrons. The first-order chi connectivity index (χ1) is 15.8. The molecule has 0 saturated carbocycles. The van der Waals surface area contributed by atoms with Gasteiger partial charge in [-0.1, -0.05) is 37.7 Å². The molecule has 1 heterocycles. The molecule has 0 radical (unpaired) electrons. The number of nitrogens with zero attached hydrogens (tertiary/aromatic N) is 3. The van der Waals surface area contributed by atoms with Crippen molar-refractivity contribution in [2.45, 2.75) is 50.4 Å². The number of hydrogen-bond acceptors (Lipinski definition) is 6. The van der Waals surface area contributed by atoms with Gasteiger partial charge in [0.15, 0.2) is 5.16 Å². The molecule has 3 rings (SSSR count). The number of rotatable bonds is 11. The lowest BCUT2D eigenvalue weighted by Crippen LogP contribution is -2.26. The Hall–Kier alpha value is -3.07. The first-order valence-corrected chi connectivity index (χ1v) is 11.9. The van der Waals surface area contributed by atoms with Crippen LogP contribution in [-0.4, -0.2) is 37.4 Å². The minimum absolute atomic E-state index is 0.0495. The standard InChI is InChI=1S/C24H29FN4O3S/c1-16(2)14-26-23(32)9-4-3-8-22-27-28-24(29(22)19-6-5-7-20(30)13-19)33-15-17-10-11-18(25)12-21(17)31/h5-7,10-13,16,30-31H,3-4,8-9,14-15H2,1-2H3,(H,26,32). The van der Waals surface area contributed by atoms with Crippen LogP contribution in [0.1, 0.15) is 44.5 Å². The van der Waals surface area contributed by atoms with E-state index in [-0.39, 0.29) is 17.4 Å². The van der Waals surface area contributed by atoms with Gasteiger partial charge in [0.25, 0.3) is 0 Å². The van der Waals surface area contributed by atoms with Crippen LogP contribution in [0, 0.1) is 11.7 Å². The molecule has 1 amide bonds. The largest absolute Gasteiger partial charge is 0.508 e. The summed E-state index contributed by atoms with van der Waals surface area (Å²) in [7, 11) is 0. The molecule has 0 bridgehead atoms. The second kappa shape index (κ2) is 11.7. The number of carbonyl (C=O) groups excluding carboxylic acids is 1. The maximum absolute atomic E-state index is 13.3. The second-order valence-electron chi connectivity index (χ2n) is 8.22. The fourth-order valence-electron chi connectivity index (χ4n) is 3.22. The number of benzene rings is 2. The minimum atomic E-state index is -0.496. The number of aromatic hydroxyl groups is 2. The highest BCUT2D eigenvalue weighted by Crippen LogP contribution is 2.30. The van der Waals surface area contributed by atoms with E-state index in [2.05, 4.69) is 29.4 Å². The van der Waals surface area contributed by atoms with E-state index in [1.807, 2.05) is 10.6 Å². The quantitative estimate of drug-likeness (QED) is 0.279. The lowest BCUT2D eigenvalue weighted by atomic mass is 10.1. The van der Waals surface area contributed by atoms with E-state index >= 15 is 0 Å². The van der Waals surface area contributed by atoms with Crippen LogP contribution in [0.3, 0.4) is 0 Å². The Balaban J connectivity index is 1.70. The molecule has 0 fully saturated rings. The lowest BCUT2D eigenvalue weighted by molar-refractivity contribution is -0.121. The summed E-state index contributed by atoms with van der Waals surface area (Å²) in [4.78, 5) is 11.9. The molecule has 0 unspecified atom stereocenters. The number of phenols is 2. The van der Waals surface area contributed by atoms with Crippen molar-refractivity contribution in [2.24, 2.45) is 5.92 Å². The van der Waals surface area contributed by atoms with E-state index in [9.17, 15) is 19.4 Å². The number of aromatic nitrogens is 3. The van der Waals surface area contributed by atoms with E-state index < -0.39 is 5.82 Å². The highest BCUT2D eigenvalue weighted by atomic mass is 32.2. The molecular weight excluding hydrogens is 443 g/mol. The molecule has 3 N–H and O–H groups in total. The number of phenolic OH excluding ortho intramolecular Hbond substituents is 2. The van der Waals surface area contributed by atoms with E-state index in [0.29, 0.717) is 47.6 Å². The van der Waals surface area contributed by atoms with Gasteiger partial charge in [0, 0.05) is 42.8 Å². The fraction of sp³-hybridized carbons (Fsp3) is 0.375. The van der Waals surface area contributed by atoms with Crippen LogP contribution in [0.4, 0.5) is 4.39 Å². The predicted molar refractivity (Wildman–Crippen MR) is 126 cm³/mol. The summed E-state index contributed by atoms with van der Waals surface area (Å²) in [5.41, 5.74) is 1.30. The molecule has 0 aliphatic rings. The zero-order chi connectivity index (χ0) is 23.8. The molecule has 0 atom stereocenters. The zero-order valence-corrected chi connectivity index (χ0v) is 19.6. The molecule has 0 spiro atoms. The van der Waals surface area contributed by atoms with Crippen LogP contribution < -0.4 is 5.32 Å². The molecular formula is C24H29FN4O3S. The van der Waals surface area contributed by atoms with Crippen molar-refractivity contribution in [1.82, 2.24) is 20.1 Å². The Morgan fingerprint density at radius 1 is 1.15 bits per heavy atom. The van der Waals surface area contributed by atoms with Gasteiger partial charge in [-0.3, -0.25) is 9.36 Å². The highest BCUT2D eigenvalue weighted by Gasteiger charge is 2.16. The number of carbonyl (C=O) groups is 1. The van der Waals surface area contributed by atoms with Crippen LogP contribution in [0.5, 0.6) is 11.5 Å². The molecule has 3 aromatic rings. The average molecular weight is 473 g/mol. The van der Waals surface area contributed by atoms with Crippen molar-refractivity contribution in [3.8, 4) is 17.2 Å². The van der Waals surface area contributed by atoms with Crippen LogP contribution >= 0.6 is 11.8 Å². The van der Waals surface area contributed by atoms with Crippen molar-refractivity contribution >= 4 is 17.7 Å². The Labute approximate surface area is 197 Å². The van der Waals surface area contributed by atoms with Gasteiger partial charge in [-0.2, -0.15) is 0 Å². The second-order valence-corrected chi connectivity index (χ2v) is 9.16. The van der Waals surface area contributed by atoms with Gasteiger partial charge in [0.2, 0.25) is 5.91 Å². The van der Waals surface area contributed by atoms with Crippen LogP contribution in [0.25, 0.3) is 5.69 Å². The first-order valence-electron chi connectivity index (χ1n) is 10.9. The molecule has 9 heteroatoms. The summed E-state index contributed by atoms with van der Waals surface area (Å²) >= 11 is 1.36. The summed E-state index contributed by atoms with van der Waals surface area (Å²) in [5.74, 6) is 1.08. The van der Waals surface area contributed by atoms with Crippen molar-refractivity contribution in [3.05, 3.63) is 59.7 Å². The van der Waals surface area contributed by atoms with Gasteiger partial charge in [-0.25, -0.2) is 4.39 Å². The van der Waals surface area contributed by atoms with Gasteiger partial charge < -0.3 is 15.5 Å². The molecule has 7 nitrogen and oxygen atoms in total. The Bertz CT molecular complexity index is 1090. The maximum atomic E-state index is 13.3. The summed E-state index contributed by atoms with van der Waals surface area (Å²) in [6.45, 7) is 4.79. The van der Waals surface area contributed by atoms with Crippen molar-refractivity contribution in [3.63, 3.8) is 0 Å². The van der Waals surface area contributed by atoms with Gasteiger partial charge in [0.1, 0.15) is 23.1 Å². The number of hydrogen-bond donors (Lipinski definition) is 3. The number of unbranched alkanes of at least 4 members (excludes halogenated alkanes) is 1. The molecule has 2 aromatic carbocycles. The number of thioether (sulfide) groups is 1. The van der Waals surface area contributed by atoms with Crippen LogP contribution in [0.15, 0.2) is 47.6 Å². The minimum Gasteiger partial charge on any atom is -0.508 e. The Morgan fingerprint density at radius 3 is 2.70 bits per heavy atom. The van der Waals surface area contributed by atoms with E-state index in [1.54, 1.807) is 18.2 Å². The smallest absolute Gasteiger partial charge is 0.220 e. The van der Waals surface area contributed by atoms with Crippen molar-refractivity contribution < 1.29 is 19.4 Å². The molecule has 33 heavy (non-hydrogen) atoms. The number of amides is 1. The molecule has 1 aromatic heterocycles. The van der Waals surface area contributed by atoms with Crippen molar-refractivity contribution in [2.75, 3.05) is 6.54 Å². The third-order valence-electron chi connectivity index (χ3n) is 4.95.